The Morgan fingerprint density at radius 2 is 0.500 bits per heavy atom. The molecule has 0 aliphatic rings. The van der Waals surface area contributed by atoms with Crippen molar-refractivity contribution in [3.8, 4) is 0 Å². The fourth-order valence-corrected chi connectivity index (χ4v) is 0. The third kappa shape index (κ3) is 66.0. The molecule has 5 nitrogen and oxygen atoms in total. The largest absolute Gasteiger partial charge is 5.00 e. The summed E-state index contributed by atoms with van der Waals surface area (Å²) in [5.41, 5.74) is 0. The van der Waals surface area contributed by atoms with Crippen LogP contribution in [0.1, 0.15) is 0 Å². The molecule has 0 N–H and O–H groups in total. The van der Waals surface area contributed by atoms with Crippen molar-refractivity contribution in [2.45, 2.75) is 0 Å². The van der Waals surface area contributed by atoms with Gasteiger partial charge in [0.1, 0.15) is 0 Å². The molecule has 0 bridgehead atoms. The van der Waals surface area contributed by atoms with Crippen molar-refractivity contribution < 1.29 is 49.8 Å². The molecule has 0 saturated heterocycles. The molecule has 8 heteroatoms. The van der Waals surface area contributed by atoms with Crippen LogP contribution in [-0.4, -0.2) is 71.7 Å². The van der Waals surface area contributed by atoms with Crippen LogP contribution in [0.5, 0.6) is 0 Å². The van der Waals surface area contributed by atoms with Gasteiger partial charge in [-0.2, -0.15) is 0 Å². The van der Waals surface area contributed by atoms with Gasteiger partial charge in [0.05, 0.1) is 0 Å². The van der Waals surface area contributed by atoms with Gasteiger partial charge in [0.15, 0.2) is 0 Å². The molecule has 42 valence electrons. The van der Waals surface area contributed by atoms with Crippen LogP contribution in [0.25, 0.3) is 0 Å². The van der Waals surface area contributed by atoms with Gasteiger partial charge in [0.2, 0.25) is 0 Å². The molecule has 0 heterocycles. The summed E-state index contributed by atoms with van der Waals surface area (Å²) < 4.78 is 0. The third-order valence-corrected chi connectivity index (χ3v) is 0. The molecule has 8 heavy (non-hydrogen) atoms. The summed E-state index contributed by atoms with van der Waals surface area (Å²) in [6, 6.07) is 0. The van der Waals surface area contributed by atoms with E-state index in [4.69, 9.17) is 0 Å². The minimum absolute atomic E-state index is 0. The van der Waals surface area contributed by atoms with E-state index in [1.54, 1.807) is 0 Å². The molecule has 0 rings (SSSR count). The predicted octanol–water partition coefficient (Wildman–Crippen LogP) is -1.36. The van der Waals surface area contributed by atoms with Gasteiger partial charge in [-0.3, -0.25) is 0 Å². The molecule has 0 amide bonds. The van der Waals surface area contributed by atoms with E-state index in [0.29, 0.717) is 0 Å². The quantitative estimate of drug-likeness (QED) is 0.325. The molecule has 0 aliphatic heterocycles. The zero-order valence-corrected chi connectivity index (χ0v) is 13.8. The second-order valence-electron chi connectivity index (χ2n) is 0. The standard InChI is InChI=1S/Bi.5O.Sr.Ta/q+3;5*-2;+2;+5. The maximum absolute atomic E-state index is 0. The van der Waals surface area contributed by atoms with Gasteiger partial charge in [0.25, 0.3) is 0 Å². The van der Waals surface area contributed by atoms with Crippen LogP contribution < -0.4 is 0 Å². The minimum atomic E-state index is 0. The second kappa shape index (κ2) is 93.1. The Kier molecular flexibility index (Phi) is 1480. The summed E-state index contributed by atoms with van der Waals surface area (Å²) in [6.07, 6.45) is 0. The van der Waals surface area contributed by atoms with E-state index in [2.05, 4.69) is 0 Å². The first-order chi connectivity index (χ1) is 0. The number of hydrogen-bond acceptors (Lipinski definition) is 0. The van der Waals surface area contributed by atoms with Crippen LogP contribution in [0.15, 0.2) is 0 Å². The van der Waals surface area contributed by atoms with Gasteiger partial charge in [-0.05, 0) is 0 Å². The van der Waals surface area contributed by atoms with Crippen LogP contribution in [0.4, 0.5) is 0 Å². The van der Waals surface area contributed by atoms with Crippen molar-refractivity contribution in [3.05, 3.63) is 0 Å². The molecule has 0 aromatic heterocycles. The van der Waals surface area contributed by atoms with Crippen molar-refractivity contribution in [1.29, 1.82) is 0 Å². The Balaban J connectivity index is 0. The van der Waals surface area contributed by atoms with E-state index in [0.717, 1.165) is 0 Å². The summed E-state index contributed by atoms with van der Waals surface area (Å²) in [4.78, 5) is 0. The summed E-state index contributed by atoms with van der Waals surface area (Å²) in [6.45, 7) is 0. The zero-order chi connectivity index (χ0) is 0. The first-order valence-electron chi connectivity index (χ1n) is 0. The van der Waals surface area contributed by atoms with Crippen LogP contribution in [0.2, 0.25) is 0 Å². The van der Waals surface area contributed by atoms with E-state index >= 15 is 0 Å². The molecule has 0 aliphatic carbocycles. The summed E-state index contributed by atoms with van der Waals surface area (Å²) in [5, 5.41) is 0. The zero-order valence-electron chi connectivity index (χ0n) is 3.64. The third-order valence-electron chi connectivity index (χ3n) is 0. The molecular weight excluding hydrogens is 558 g/mol. The van der Waals surface area contributed by atoms with Crippen LogP contribution >= 0.6 is 0 Å². The van der Waals surface area contributed by atoms with Crippen molar-refractivity contribution >= 4 is 71.7 Å². The Morgan fingerprint density at radius 3 is 0.500 bits per heavy atom. The molecule has 0 aromatic rings. The second-order valence-corrected chi connectivity index (χ2v) is 0. The molecule has 2 radical (unpaired) electrons. The maximum Gasteiger partial charge on any atom is 5.00 e. The number of hydrogen-bond donors (Lipinski definition) is 0. The average Bonchev–Trinajstić information content (AvgIpc) is 0. The molecular formula is BiO5SrTa. The Morgan fingerprint density at radius 1 is 0.500 bits per heavy atom. The van der Waals surface area contributed by atoms with Crippen molar-refractivity contribution in [2.24, 2.45) is 0 Å². The fourth-order valence-electron chi connectivity index (χ4n) is 0. The molecule has 0 atom stereocenters. The Hall–Kier alpha value is 2.90. The minimum Gasteiger partial charge on any atom is -2.00 e. The monoisotopic (exact) mass is 558 g/mol. The first kappa shape index (κ1) is 127. The average molecular weight is 558 g/mol. The summed E-state index contributed by atoms with van der Waals surface area (Å²) >= 11 is 0. The van der Waals surface area contributed by atoms with Gasteiger partial charge in [-0.25, -0.2) is 0 Å². The van der Waals surface area contributed by atoms with E-state index in [-0.39, 0.29) is 121 Å². The molecule has 0 saturated carbocycles. The number of rotatable bonds is 0. The van der Waals surface area contributed by atoms with Crippen LogP contribution in [0.3, 0.4) is 0 Å². The van der Waals surface area contributed by atoms with Gasteiger partial charge >= 0.3 is 94.1 Å². The van der Waals surface area contributed by atoms with E-state index < -0.39 is 0 Å². The van der Waals surface area contributed by atoms with E-state index in [9.17, 15) is 0 Å². The van der Waals surface area contributed by atoms with Crippen molar-refractivity contribution in [1.82, 2.24) is 0 Å². The van der Waals surface area contributed by atoms with Gasteiger partial charge in [-0.1, -0.05) is 0 Å². The molecule has 0 fully saturated rings. The fraction of sp³-hybridized carbons (Fsp3) is 0. The SMILES string of the molecule is [Bi+3].[O-2].[O-2].[O-2].[O-2].[O-2].[Sr+2].[Ta+5]. The van der Waals surface area contributed by atoms with Crippen LogP contribution in [-0.2, 0) is 49.8 Å². The van der Waals surface area contributed by atoms with Crippen LogP contribution in [0, 0.1) is 0 Å². The first-order valence-corrected chi connectivity index (χ1v) is 0. The molecule has 0 spiro atoms. The van der Waals surface area contributed by atoms with Crippen molar-refractivity contribution in [3.63, 3.8) is 0 Å². The van der Waals surface area contributed by atoms with E-state index in [1.807, 2.05) is 0 Å². The van der Waals surface area contributed by atoms with E-state index in [1.165, 1.54) is 0 Å². The van der Waals surface area contributed by atoms with Gasteiger partial charge in [0, 0.05) is 0 Å². The molecule has 0 unspecified atom stereocenters. The Bertz CT molecular complexity index is 12.4. The van der Waals surface area contributed by atoms with Gasteiger partial charge in [-0.15, -0.1) is 0 Å². The summed E-state index contributed by atoms with van der Waals surface area (Å²) in [5.74, 6) is 0. The van der Waals surface area contributed by atoms with Crippen molar-refractivity contribution in [2.75, 3.05) is 0 Å². The summed E-state index contributed by atoms with van der Waals surface area (Å²) in [7, 11) is 0. The topological polar surface area (TPSA) is 142 Å². The Labute approximate surface area is 119 Å². The predicted molar refractivity (Wildman–Crippen MR) is 14.9 cm³/mol. The maximum atomic E-state index is 0. The molecule has 0 aromatic carbocycles. The van der Waals surface area contributed by atoms with Gasteiger partial charge < -0.3 is 27.4 Å². The normalized spacial score (nSPS) is 0. The smallest absolute Gasteiger partial charge is 2.00 e.